The first-order valence-corrected chi connectivity index (χ1v) is 23.4. The fourth-order valence-corrected chi connectivity index (χ4v) is 8.72. The van der Waals surface area contributed by atoms with Crippen LogP contribution in [0.15, 0.2) is 146 Å². The van der Waals surface area contributed by atoms with Crippen molar-refractivity contribution in [1.29, 1.82) is 0 Å². The number of esters is 1. The second kappa shape index (κ2) is 23.2. The first-order chi connectivity index (χ1) is 38.3. The van der Waals surface area contributed by atoms with Gasteiger partial charge in [-0.15, -0.1) is 0 Å². The summed E-state index contributed by atoms with van der Waals surface area (Å²) >= 11 is 0. The lowest BCUT2D eigenvalue weighted by atomic mass is 9.12. The number of nitrogens with zero attached hydrogens (tertiary/aromatic N) is 2. The van der Waals surface area contributed by atoms with Gasteiger partial charge in [0, 0.05) is 5.56 Å². The standard InChI is InChI=1S/C32H12BF24.C22H21N2O3/c34-25(35,36)13-1-14(26(37,38)39)6-21(5-13)33(22-7-15(27(40,41)42)2-16(8-22)28(43,44)45,23-9-17(29(46,47)48)3-18(10-23)30(49,50)51)24-11-19(31(52,53)54)4-20(12-24)32(55,56)57;1-16(2)17-8-10-19(11-9-17)27-22(26)20-14-23-12-13-24(20)15-21(25)18-6-4-3-5-7-18/h1-12H;3-14,16H,15H2,1-2H3/q-1;+1. The van der Waals surface area contributed by atoms with E-state index in [-0.39, 0.29) is 18.0 Å². The lowest BCUT2D eigenvalue weighted by molar-refractivity contribution is -0.686. The van der Waals surface area contributed by atoms with Crippen LogP contribution in [0, 0.1) is 0 Å². The molecule has 448 valence electrons. The minimum Gasteiger partial charge on any atom is -0.419 e. The van der Waals surface area contributed by atoms with E-state index in [4.69, 9.17) is 4.74 Å². The Morgan fingerprint density at radius 3 is 1.01 bits per heavy atom. The summed E-state index contributed by atoms with van der Waals surface area (Å²) in [7, 11) is 0. The normalized spacial score (nSPS) is 13.1. The molecule has 0 N–H and O–H groups in total. The molecule has 0 bridgehead atoms. The lowest BCUT2D eigenvalue weighted by Gasteiger charge is -2.46. The van der Waals surface area contributed by atoms with Gasteiger partial charge in [0.1, 0.15) is 18.1 Å². The van der Waals surface area contributed by atoms with Crippen LogP contribution in [0.3, 0.4) is 0 Å². The molecule has 5 nitrogen and oxygen atoms in total. The highest BCUT2D eigenvalue weighted by atomic mass is 19.4. The van der Waals surface area contributed by atoms with Crippen LogP contribution in [-0.2, 0) is 56.0 Å². The summed E-state index contributed by atoms with van der Waals surface area (Å²) in [5.74, 6) is 0.205. The second-order valence-electron chi connectivity index (χ2n) is 18.7. The molecule has 0 radical (unpaired) electrons. The zero-order valence-corrected chi connectivity index (χ0v) is 41.9. The average molecular weight is 1220 g/mol. The third-order valence-electron chi connectivity index (χ3n) is 12.7. The largest absolute Gasteiger partial charge is 0.419 e. The number of carbonyl (C=O) groups excluding carboxylic acids is 2. The molecule has 0 fully saturated rings. The number of aromatic nitrogens is 2. The van der Waals surface area contributed by atoms with Crippen molar-refractivity contribution in [2.45, 2.75) is 75.7 Å². The first-order valence-electron chi connectivity index (χ1n) is 23.4. The van der Waals surface area contributed by atoms with E-state index in [0.29, 0.717) is 17.2 Å². The number of halogens is 24. The van der Waals surface area contributed by atoms with Gasteiger partial charge in [0.05, 0.1) is 50.7 Å². The van der Waals surface area contributed by atoms with E-state index in [9.17, 15) is 115 Å². The van der Waals surface area contributed by atoms with Gasteiger partial charge in [0.25, 0.3) is 0 Å². The van der Waals surface area contributed by atoms with Gasteiger partial charge in [-0.05, 0) is 47.9 Å². The summed E-state index contributed by atoms with van der Waals surface area (Å²) < 4.78 is 348. The molecule has 0 saturated carbocycles. The summed E-state index contributed by atoms with van der Waals surface area (Å²) in [6, 6.07) is 7.55. The molecule has 1 aromatic heterocycles. The number of ether oxygens (including phenoxy) is 1. The van der Waals surface area contributed by atoms with E-state index >= 15 is 0 Å². The molecule has 0 saturated heterocycles. The van der Waals surface area contributed by atoms with Crippen LogP contribution in [0.25, 0.3) is 0 Å². The van der Waals surface area contributed by atoms with E-state index in [1.807, 2.05) is 18.2 Å². The van der Waals surface area contributed by atoms with Crippen molar-refractivity contribution in [2.75, 3.05) is 0 Å². The van der Waals surface area contributed by atoms with Crippen LogP contribution in [0.2, 0.25) is 0 Å². The van der Waals surface area contributed by atoms with E-state index in [2.05, 4.69) is 18.8 Å². The van der Waals surface area contributed by atoms with Crippen LogP contribution >= 0.6 is 0 Å². The fraction of sp³-hybridized carbons (Fsp3) is 0.222. The topological polar surface area (TPSA) is 60.1 Å². The molecule has 0 amide bonds. The summed E-state index contributed by atoms with van der Waals surface area (Å²) in [6.07, 6.45) is -50.3. The molecule has 0 aliphatic carbocycles. The van der Waals surface area contributed by atoms with Crippen LogP contribution in [-0.4, -0.2) is 22.9 Å². The summed E-state index contributed by atoms with van der Waals surface area (Å²) in [4.78, 5) is 29.0. The maximum Gasteiger partial charge on any atom is 0.416 e. The quantitative estimate of drug-likeness (QED) is 0.0342. The van der Waals surface area contributed by atoms with E-state index < -0.39 is 201 Å². The molecule has 0 atom stereocenters. The maximum atomic E-state index is 14.2. The second-order valence-corrected chi connectivity index (χ2v) is 18.7. The number of hydrogen-bond donors (Lipinski definition) is 0. The summed E-state index contributed by atoms with van der Waals surface area (Å²) in [5.41, 5.74) is -28.2. The highest BCUT2D eigenvalue weighted by Gasteiger charge is 2.47. The molecule has 1 heterocycles. The number of ketones is 1. The Labute approximate surface area is 457 Å². The van der Waals surface area contributed by atoms with Gasteiger partial charge in [-0.1, -0.05) is 105 Å². The maximum absolute atomic E-state index is 14.2. The minimum atomic E-state index is -6.13. The number of rotatable bonds is 10. The van der Waals surface area contributed by atoms with Crippen molar-refractivity contribution >= 4 is 39.7 Å². The van der Waals surface area contributed by atoms with Gasteiger partial charge in [0.15, 0.2) is 6.20 Å². The Morgan fingerprint density at radius 1 is 0.440 bits per heavy atom. The molecule has 0 unspecified atom stereocenters. The monoisotopic (exact) mass is 1220 g/mol. The van der Waals surface area contributed by atoms with Crippen molar-refractivity contribution in [3.05, 3.63) is 207 Å². The predicted octanol–water partition coefficient (Wildman–Crippen LogP) is 14.8. The molecule has 0 spiro atoms. The Bertz CT molecular complexity index is 3090. The molecule has 0 aliphatic rings. The molecule has 84 heavy (non-hydrogen) atoms. The van der Waals surface area contributed by atoms with Gasteiger partial charge in [-0.25, -0.2) is 4.79 Å². The zero-order chi connectivity index (χ0) is 63.1. The van der Waals surface area contributed by atoms with Gasteiger partial charge in [-0.3, -0.25) is 9.78 Å². The van der Waals surface area contributed by atoms with Crippen LogP contribution in [0.5, 0.6) is 5.75 Å². The molecule has 0 aliphatic heterocycles. The number of carbonyl (C=O) groups is 2. The van der Waals surface area contributed by atoms with Crippen molar-refractivity contribution < 1.29 is 124 Å². The Hall–Kier alpha value is -8.08. The molecule has 7 aromatic rings. The number of hydrogen-bond acceptors (Lipinski definition) is 4. The third kappa shape index (κ3) is 15.2. The van der Waals surface area contributed by atoms with Gasteiger partial charge in [0.2, 0.25) is 12.3 Å². The van der Waals surface area contributed by atoms with Crippen molar-refractivity contribution in [1.82, 2.24) is 4.98 Å². The number of alkyl halides is 24. The predicted molar refractivity (Wildman–Crippen MR) is 251 cm³/mol. The van der Waals surface area contributed by atoms with Crippen molar-refractivity contribution in [3.8, 4) is 5.75 Å². The van der Waals surface area contributed by atoms with E-state index in [1.165, 1.54) is 18.0 Å². The van der Waals surface area contributed by atoms with E-state index in [1.54, 1.807) is 47.2 Å². The van der Waals surface area contributed by atoms with Crippen LogP contribution < -0.4 is 31.2 Å². The van der Waals surface area contributed by atoms with Gasteiger partial charge >= 0.3 is 61.1 Å². The minimum absolute atomic E-state index is 0.0310. The zero-order valence-electron chi connectivity index (χ0n) is 41.9. The highest BCUT2D eigenvalue weighted by molar-refractivity contribution is 7.20. The summed E-state index contributed by atoms with van der Waals surface area (Å²) in [5, 5.41) is 0. The Morgan fingerprint density at radius 2 is 0.738 bits per heavy atom. The van der Waals surface area contributed by atoms with Crippen molar-refractivity contribution in [3.63, 3.8) is 0 Å². The Kier molecular flexibility index (Phi) is 18.0. The summed E-state index contributed by atoms with van der Waals surface area (Å²) in [6.45, 7) is 4.23. The first kappa shape index (κ1) is 65.1. The number of benzene rings is 6. The lowest BCUT2D eigenvalue weighted by Crippen LogP contribution is -2.75. The molecular weight excluding hydrogens is 1190 g/mol. The Balaban J connectivity index is 0.000000347. The average Bonchev–Trinajstić information content (AvgIpc) is 0.733. The molecule has 30 heteroatoms. The van der Waals surface area contributed by atoms with Crippen molar-refractivity contribution in [2.24, 2.45) is 0 Å². The SMILES string of the molecule is CC(C)c1ccc(OC(=O)c2cncc[n+]2CC(=O)c2ccccc2)cc1.FC(F)(F)c1cc([B-](c2cc(C(F)(F)F)cc(C(F)(F)F)c2)(c2cc(C(F)(F)F)cc(C(F)(F)F)c2)c2cc(C(F)(F)F)cc(C(F)(F)F)c2)cc(C(F)(F)F)c1. The van der Waals surface area contributed by atoms with E-state index in [0.717, 1.165) is 0 Å². The molecule has 6 aromatic carbocycles. The van der Waals surface area contributed by atoms with Crippen LogP contribution in [0.4, 0.5) is 105 Å². The van der Waals surface area contributed by atoms with Gasteiger partial charge in [-0.2, -0.15) is 132 Å². The third-order valence-corrected chi connectivity index (χ3v) is 12.7. The molecular formula is C54H33BF24N2O3. The molecule has 7 rings (SSSR count). The van der Waals surface area contributed by atoms with Crippen LogP contribution in [0.1, 0.15) is 90.7 Å². The number of Topliss-reactive ketones (excluding diaryl/α,β-unsaturated/α-hetero) is 1. The van der Waals surface area contributed by atoms with Gasteiger partial charge < -0.3 is 4.74 Å². The fourth-order valence-electron chi connectivity index (χ4n) is 8.72. The smallest absolute Gasteiger partial charge is 0.416 e. The highest BCUT2D eigenvalue weighted by Crippen LogP contribution is 2.41.